The monoisotopic (exact) mass is 311 g/mol. The number of rotatable bonds is 6. The lowest BCUT2D eigenvalue weighted by Gasteiger charge is -2.33. The first-order valence-electron chi connectivity index (χ1n) is 8.08. The average molecular weight is 311 g/mol. The standard InChI is InChI=1S/C15H25N3O4/c16-15(22)17-8-4-3-7-13(19)18-11-6-2-1-5-10(11)9-12(18)14(20)21/h10-12H,1-9H2,(H,20,21)(H3,16,17,22). The van der Waals surface area contributed by atoms with E-state index < -0.39 is 18.0 Å². The highest BCUT2D eigenvalue weighted by molar-refractivity contribution is 5.84. The first-order valence-corrected chi connectivity index (χ1v) is 8.08. The largest absolute Gasteiger partial charge is 0.480 e. The molecule has 1 saturated heterocycles. The second kappa shape index (κ2) is 7.47. The zero-order chi connectivity index (χ0) is 16.1. The quantitative estimate of drug-likeness (QED) is 0.637. The molecular formula is C15H25N3O4. The first kappa shape index (κ1) is 16.6. The van der Waals surface area contributed by atoms with E-state index in [0.29, 0.717) is 38.1 Å². The number of unbranched alkanes of at least 4 members (excludes halogenated alkanes) is 1. The van der Waals surface area contributed by atoms with Crippen molar-refractivity contribution in [2.45, 2.75) is 63.5 Å². The molecule has 1 aliphatic carbocycles. The van der Waals surface area contributed by atoms with Gasteiger partial charge in [0.25, 0.3) is 0 Å². The Balaban J connectivity index is 1.87. The second-order valence-electron chi connectivity index (χ2n) is 6.25. The molecule has 3 unspecified atom stereocenters. The number of likely N-dealkylation sites (tertiary alicyclic amines) is 1. The molecule has 3 atom stereocenters. The minimum Gasteiger partial charge on any atom is -0.480 e. The molecule has 2 fully saturated rings. The number of carboxylic acid groups (broad SMARTS) is 1. The highest BCUT2D eigenvalue weighted by atomic mass is 16.4. The molecule has 2 aliphatic rings. The van der Waals surface area contributed by atoms with Crippen LogP contribution in [0.5, 0.6) is 0 Å². The van der Waals surface area contributed by atoms with E-state index in [2.05, 4.69) is 5.32 Å². The summed E-state index contributed by atoms with van der Waals surface area (Å²) in [6.45, 7) is 0.441. The third-order valence-corrected chi connectivity index (χ3v) is 4.78. The van der Waals surface area contributed by atoms with Crippen molar-refractivity contribution in [2.75, 3.05) is 6.54 Å². The van der Waals surface area contributed by atoms with E-state index in [1.165, 1.54) is 0 Å². The zero-order valence-corrected chi connectivity index (χ0v) is 12.8. The van der Waals surface area contributed by atoms with Gasteiger partial charge in [0.2, 0.25) is 5.91 Å². The Morgan fingerprint density at radius 1 is 1.18 bits per heavy atom. The van der Waals surface area contributed by atoms with Crippen molar-refractivity contribution in [3.63, 3.8) is 0 Å². The van der Waals surface area contributed by atoms with Crippen LogP contribution in [0.25, 0.3) is 0 Å². The van der Waals surface area contributed by atoms with Gasteiger partial charge in [0.1, 0.15) is 6.04 Å². The van der Waals surface area contributed by atoms with Crippen LogP contribution >= 0.6 is 0 Å². The highest BCUT2D eigenvalue weighted by Gasteiger charge is 2.47. The van der Waals surface area contributed by atoms with Crippen LogP contribution < -0.4 is 11.1 Å². The number of nitrogens with zero attached hydrogens (tertiary/aromatic N) is 1. The molecule has 7 heteroatoms. The van der Waals surface area contributed by atoms with Gasteiger partial charge in [0.05, 0.1) is 0 Å². The lowest BCUT2D eigenvalue weighted by atomic mass is 9.84. The number of hydrogen-bond acceptors (Lipinski definition) is 3. The van der Waals surface area contributed by atoms with Crippen molar-refractivity contribution in [3.05, 3.63) is 0 Å². The van der Waals surface area contributed by atoms with Crippen LogP contribution in [0.15, 0.2) is 0 Å². The van der Waals surface area contributed by atoms with E-state index in [1.807, 2.05) is 0 Å². The van der Waals surface area contributed by atoms with Crippen LogP contribution in [-0.2, 0) is 9.59 Å². The predicted octanol–water partition coefficient (Wildman–Crippen LogP) is 1.07. The molecule has 0 aromatic rings. The first-order chi connectivity index (χ1) is 10.5. The number of carboxylic acids is 1. The lowest BCUT2D eigenvalue weighted by Crippen LogP contribution is -2.46. The van der Waals surface area contributed by atoms with Crippen molar-refractivity contribution in [3.8, 4) is 0 Å². The fourth-order valence-corrected chi connectivity index (χ4v) is 3.78. The zero-order valence-electron chi connectivity index (χ0n) is 12.8. The Morgan fingerprint density at radius 3 is 2.59 bits per heavy atom. The van der Waals surface area contributed by atoms with Gasteiger partial charge in [-0.1, -0.05) is 12.8 Å². The number of fused-ring (bicyclic) bond motifs is 1. The Morgan fingerprint density at radius 2 is 1.91 bits per heavy atom. The molecule has 1 heterocycles. The van der Waals surface area contributed by atoms with Gasteiger partial charge in [-0.2, -0.15) is 0 Å². The third-order valence-electron chi connectivity index (χ3n) is 4.78. The predicted molar refractivity (Wildman–Crippen MR) is 80.1 cm³/mol. The minimum absolute atomic E-state index is 0.0686. The van der Waals surface area contributed by atoms with Crippen molar-refractivity contribution in [1.29, 1.82) is 0 Å². The van der Waals surface area contributed by atoms with E-state index >= 15 is 0 Å². The smallest absolute Gasteiger partial charge is 0.326 e. The normalized spacial score (nSPS) is 27.3. The van der Waals surface area contributed by atoms with E-state index in [1.54, 1.807) is 4.90 Å². The molecule has 2 rings (SSSR count). The Kier molecular flexibility index (Phi) is 5.63. The summed E-state index contributed by atoms with van der Waals surface area (Å²) in [5.74, 6) is -0.616. The van der Waals surface area contributed by atoms with Crippen LogP contribution in [0.1, 0.15) is 51.4 Å². The molecule has 0 aromatic heterocycles. The Bertz CT molecular complexity index is 441. The SMILES string of the molecule is NC(=O)NCCCCC(=O)N1C(C(=O)O)CC2CCCCC21. The summed E-state index contributed by atoms with van der Waals surface area (Å²) in [7, 11) is 0. The molecule has 4 N–H and O–H groups in total. The molecular weight excluding hydrogens is 286 g/mol. The lowest BCUT2D eigenvalue weighted by molar-refractivity contribution is -0.149. The number of primary amides is 1. The summed E-state index contributed by atoms with van der Waals surface area (Å²) in [5, 5.41) is 11.9. The molecule has 0 bridgehead atoms. The molecule has 1 saturated carbocycles. The van der Waals surface area contributed by atoms with Gasteiger partial charge < -0.3 is 21.1 Å². The van der Waals surface area contributed by atoms with Crippen molar-refractivity contribution in [2.24, 2.45) is 11.7 Å². The number of carbonyl (C=O) groups is 3. The molecule has 0 aromatic carbocycles. The summed E-state index contributed by atoms with van der Waals surface area (Å²) in [5.41, 5.74) is 4.97. The third kappa shape index (κ3) is 3.90. The maximum absolute atomic E-state index is 12.5. The fourth-order valence-electron chi connectivity index (χ4n) is 3.78. The van der Waals surface area contributed by atoms with Gasteiger partial charge in [-0.15, -0.1) is 0 Å². The Labute approximate surface area is 130 Å². The fraction of sp³-hybridized carbons (Fsp3) is 0.800. The maximum atomic E-state index is 12.5. The number of hydrogen-bond donors (Lipinski definition) is 3. The van der Waals surface area contributed by atoms with Crippen molar-refractivity contribution in [1.82, 2.24) is 10.2 Å². The number of nitrogens with one attached hydrogen (secondary N) is 1. The number of carbonyl (C=O) groups excluding carboxylic acids is 2. The van der Waals surface area contributed by atoms with Gasteiger partial charge >= 0.3 is 12.0 Å². The maximum Gasteiger partial charge on any atom is 0.326 e. The molecule has 7 nitrogen and oxygen atoms in total. The number of urea groups is 1. The van der Waals surface area contributed by atoms with E-state index in [0.717, 1.165) is 25.7 Å². The summed E-state index contributed by atoms with van der Waals surface area (Å²) in [6, 6.07) is -1.13. The number of amides is 3. The van der Waals surface area contributed by atoms with E-state index in [9.17, 15) is 19.5 Å². The summed E-state index contributed by atoms with van der Waals surface area (Å²) in [6.07, 6.45) is 6.36. The molecule has 22 heavy (non-hydrogen) atoms. The Hall–Kier alpha value is -1.79. The topological polar surface area (TPSA) is 113 Å². The average Bonchev–Trinajstić information content (AvgIpc) is 2.86. The highest BCUT2D eigenvalue weighted by Crippen LogP contribution is 2.40. The van der Waals surface area contributed by atoms with Crippen LogP contribution in [0, 0.1) is 5.92 Å². The van der Waals surface area contributed by atoms with Gasteiger partial charge in [-0.3, -0.25) is 4.79 Å². The van der Waals surface area contributed by atoms with Gasteiger partial charge in [0.15, 0.2) is 0 Å². The second-order valence-corrected chi connectivity index (χ2v) is 6.25. The van der Waals surface area contributed by atoms with Crippen LogP contribution in [0.4, 0.5) is 4.79 Å². The van der Waals surface area contributed by atoms with Gasteiger partial charge in [0, 0.05) is 19.0 Å². The van der Waals surface area contributed by atoms with Gasteiger partial charge in [-0.05, 0) is 38.0 Å². The summed E-state index contributed by atoms with van der Waals surface area (Å²) < 4.78 is 0. The molecule has 0 radical (unpaired) electrons. The summed E-state index contributed by atoms with van der Waals surface area (Å²) >= 11 is 0. The summed E-state index contributed by atoms with van der Waals surface area (Å²) in [4.78, 5) is 36.1. The van der Waals surface area contributed by atoms with Crippen molar-refractivity contribution >= 4 is 17.9 Å². The van der Waals surface area contributed by atoms with Crippen LogP contribution in [-0.4, -0.2) is 46.5 Å². The molecule has 0 spiro atoms. The van der Waals surface area contributed by atoms with Crippen molar-refractivity contribution < 1.29 is 19.5 Å². The number of aliphatic carboxylic acids is 1. The van der Waals surface area contributed by atoms with Crippen LogP contribution in [0.2, 0.25) is 0 Å². The number of nitrogens with two attached hydrogens (primary N) is 1. The minimum atomic E-state index is -0.891. The molecule has 124 valence electrons. The van der Waals surface area contributed by atoms with Gasteiger partial charge in [-0.25, -0.2) is 9.59 Å². The van der Waals surface area contributed by atoms with Crippen LogP contribution in [0.3, 0.4) is 0 Å². The molecule has 1 aliphatic heterocycles. The van der Waals surface area contributed by atoms with E-state index in [4.69, 9.17) is 5.73 Å². The molecule has 3 amide bonds. The van der Waals surface area contributed by atoms with E-state index in [-0.39, 0.29) is 11.9 Å².